The van der Waals surface area contributed by atoms with Gasteiger partial charge in [0.05, 0.1) is 24.4 Å². The number of nitrogens with one attached hydrogen (secondary N) is 1. The zero-order valence-corrected chi connectivity index (χ0v) is 19.1. The molecular formula is C23H31N7O2. The number of hydrogen-bond acceptors (Lipinski definition) is 7. The van der Waals surface area contributed by atoms with E-state index in [9.17, 15) is 4.79 Å². The number of nitrogens with zero attached hydrogens (tertiary/aromatic N) is 6. The first kappa shape index (κ1) is 20.9. The maximum Gasteiger partial charge on any atom is 0.277 e. The lowest BCUT2D eigenvalue weighted by atomic mass is 9.95. The number of fused-ring (bicyclic) bond motifs is 1. The Kier molecular flexibility index (Phi) is 5.58. The third-order valence-electron chi connectivity index (χ3n) is 6.77. The van der Waals surface area contributed by atoms with Gasteiger partial charge in [0.25, 0.3) is 5.56 Å². The number of aromatic amines is 1. The van der Waals surface area contributed by atoms with Gasteiger partial charge in [0, 0.05) is 26.2 Å². The SMILES string of the molecule is COc1nc(N2CCN(C)CC2)ccc1-c1nc2c(C)nn(C3CCCCC3)c2c(=O)[nH]1. The molecule has 0 amide bonds. The molecule has 0 aromatic carbocycles. The first-order valence-electron chi connectivity index (χ1n) is 11.5. The minimum atomic E-state index is -0.165. The van der Waals surface area contributed by atoms with Gasteiger partial charge >= 0.3 is 0 Å². The summed E-state index contributed by atoms with van der Waals surface area (Å²) < 4.78 is 7.51. The second-order valence-electron chi connectivity index (χ2n) is 8.95. The largest absolute Gasteiger partial charge is 0.480 e. The first-order chi connectivity index (χ1) is 15.5. The Balaban J connectivity index is 1.53. The van der Waals surface area contributed by atoms with Crippen LogP contribution in [-0.4, -0.2) is 70.0 Å². The van der Waals surface area contributed by atoms with Gasteiger partial charge in [0.2, 0.25) is 5.88 Å². The number of anilines is 1. The average molecular weight is 438 g/mol. The molecule has 1 aliphatic heterocycles. The van der Waals surface area contributed by atoms with Gasteiger partial charge in [-0.2, -0.15) is 10.1 Å². The Bertz CT molecular complexity index is 1170. The van der Waals surface area contributed by atoms with Crippen LogP contribution in [0.1, 0.15) is 43.8 Å². The normalized spacial score (nSPS) is 18.4. The molecule has 170 valence electrons. The Hall–Kier alpha value is -2.94. The minimum absolute atomic E-state index is 0.165. The Morgan fingerprint density at radius 3 is 2.53 bits per heavy atom. The van der Waals surface area contributed by atoms with E-state index >= 15 is 0 Å². The van der Waals surface area contributed by atoms with Crippen molar-refractivity contribution in [2.45, 2.75) is 45.1 Å². The fourth-order valence-corrected chi connectivity index (χ4v) is 4.89. The number of ether oxygens (including phenoxy) is 1. The summed E-state index contributed by atoms with van der Waals surface area (Å²) >= 11 is 0. The molecule has 3 aromatic rings. The Morgan fingerprint density at radius 1 is 1.06 bits per heavy atom. The van der Waals surface area contributed by atoms with E-state index in [0.717, 1.165) is 50.5 Å². The first-order valence-corrected chi connectivity index (χ1v) is 11.5. The van der Waals surface area contributed by atoms with Crippen molar-refractivity contribution in [1.29, 1.82) is 0 Å². The lowest BCUT2D eigenvalue weighted by molar-refractivity contribution is 0.311. The van der Waals surface area contributed by atoms with Crippen molar-refractivity contribution in [2.75, 3.05) is 45.2 Å². The van der Waals surface area contributed by atoms with Crippen LogP contribution >= 0.6 is 0 Å². The van der Waals surface area contributed by atoms with Crippen molar-refractivity contribution >= 4 is 16.9 Å². The standard InChI is InChI=1S/C23H31N7O2/c1-15-19-20(30(27-15)16-7-5-4-6-8-16)22(31)26-21(25-19)17-9-10-18(24-23(17)32-3)29-13-11-28(2)12-14-29/h9-10,16H,4-8,11-14H2,1-3H3,(H,25,26,31). The topological polar surface area (TPSA) is 92.2 Å². The second kappa shape index (κ2) is 8.54. The van der Waals surface area contributed by atoms with E-state index in [-0.39, 0.29) is 11.6 Å². The van der Waals surface area contributed by atoms with Gasteiger partial charge in [-0.3, -0.25) is 9.48 Å². The van der Waals surface area contributed by atoms with E-state index < -0.39 is 0 Å². The molecule has 3 aromatic heterocycles. The van der Waals surface area contributed by atoms with Crippen LogP contribution in [0.2, 0.25) is 0 Å². The van der Waals surface area contributed by atoms with Crippen LogP contribution in [-0.2, 0) is 0 Å². The molecule has 0 spiro atoms. The summed E-state index contributed by atoms with van der Waals surface area (Å²) in [5.74, 6) is 1.80. The predicted molar refractivity (Wildman–Crippen MR) is 125 cm³/mol. The Labute approximate surface area is 187 Å². The fraction of sp³-hybridized carbons (Fsp3) is 0.565. The smallest absolute Gasteiger partial charge is 0.277 e. The summed E-state index contributed by atoms with van der Waals surface area (Å²) in [5, 5.41) is 4.71. The van der Waals surface area contributed by atoms with Gasteiger partial charge in [-0.1, -0.05) is 19.3 Å². The van der Waals surface area contributed by atoms with E-state index in [4.69, 9.17) is 19.8 Å². The molecule has 4 heterocycles. The van der Waals surface area contributed by atoms with Gasteiger partial charge in [0.15, 0.2) is 5.52 Å². The summed E-state index contributed by atoms with van der Waals surface area (Å²) in [4.78, 5) is 30.2. The Morgan fingerprint density at radius 2 is 1.81 bits per heavy atom. The predicted octanol–water partition coefficient (Wildman–Crippen LogP) is 2.76. The number of likely N-dealkylation sites (N-methyl/N-ethyl adjacent to an activating group) is 1. The number of H-pyrrole nitrogens is 1. The van der Waals surface area contributed by atoms with E-state index in [0.29, 0.717) is 28.3 Å². The van der Waals surface area contributed by atoms with Crippen molar-refractivity contribution in [1.82, 2.24) is 29.6 Å². The molecule has 32 heavy (non-hydrogen) atoms. The fourth-order valence-electron chi connectivity index (χ4n) is 4.89. The van der Waals surface area contributed by atoms with Crippen molar-refractivity contribution in [3.05, 3.63) is 28.2 Å². The van der Waals surface area contributed by atoms with E-state index in [1.807, 2.05) is 23.7 Å². The summed E-state index contributed by atoms with van der Waals surface area (Å²) in [6, 6.07) is 4.18. The van der Waals surface area contributed by atoms with E-state index in [1.165, 1.54) is 19.3 Å². The lowest BCUT2D eigenvalue weighted by Gasteiger charge is -2.33. The van der Waals surface area contributed by atoms with Gasteiger partial charge in [0.1, 0.15) is 17.2 Å². The van der Waals surface area contributed by atoms with Gasteiger partial charge in [-0.25, -0.2) is 4.98 Å². The summed E-state index contributed by atoms with van der Waals surface area (Å²) in [6.45, 7) is 5.77. The van der Waals surface area contributed by atoms with Crippen molar-refractivity contribution in [3.8, 4) is 17.3 Å². The van der Waals surface area contributed by atoms with Crippen molar-refractivity contribution < 1.29 is 4.74 Å². The number of methoxy groups -OCH3 is 1. The number of rotatable bonds is 4. The van der Waals surface area contributed by atoms with Crippen LogP contribution in [0.15, 0.2) is 16.9 Å². The van der Waals surface area contributed by atoms with Gasteiger partial charge in [-0.05, 0) is 38.9 Å². The highest BCUT2D eigenvalue weighted by Gasteiger charge is 2.24. The minimum Gasteiger partial charge on any atom is -0.480 e. The molecule has 1 N–H and O–H groups in total. The molecule has 1 saturated heterocycles. The van der Waals surface area contributed by atoms with Crippen LogP contribution in [0.4, 0.5) is 5.82 Å². The van der Waals surface area contributed by atoms with Crippen LogP contribution in [0.25, 0.3) is 22.4 Å². The quantitative estimate of drug-likeness (QED) is 0.671. The van der Waals surface area contributed by atoms with Crippen LogP contribution in [0.5, 0.6) is 5.88 Å². The maximum absolute atomic E-state index is 13.2. The zero-order chi connectivity index (χ0) is 22.2. The van der Waals surface area contributed by atoms with Gasteiger partial charge in [-0.15, -0.1) is 0 Å². The molecule has 5 rings (SSSR count). The maximum atomic E-state index is 13.2. The van der Waals surface area contributed by atoms with E-state index in [2.05, 4.69) is 21.8 Å². The molecule has 0 radical (unpaired) electrons. The third kappa shape index (κ3) is 3.74. The van der Waals surface area contributed by atoms with Crippen molar-refractivity contribution in [2.24, 2.45) is 0 Å². The number of pyridine rings is 1. The summed E-state index contributed by atoms with van der Waals surface area (Å²) in [6.07, 6.45) is 5.73. The molecule has 0 atom stereocenters. The zero-order valence-electron chi connectivity index (χ0n) is 19.1. The molecular weight excluding hydrogens is 406 g/mol. The molecule has 1 saturated carbocycles. The number of aromatic nitrogens is 5. The highest BCUT2D eigenvalue weighted by Crippen LogP contribution is 2.32. The second-order valence-corrected chi connectivity index (χ2v) is 8.95. The van der Waals surface area contributed by atoms with Crippen LogP contribution in [0, 0.1) is 6.92 Å². The number of hydrogen-bond donors (Lipinski definition) is 1. The van der Waals surface area contributed by atoms with E-state index in [1.54, 1.807) is 7.11 Å². The monoisotopic (exact) mass is 437 g/mol. The van der Waals surface area contributed by atoms with Crippen LogP contribution < -0.4 is 15.2 Å². The lowest BCUT2D eigenvalue weighted by Crippen LogP contribution is -2.44. The third-order valence-corrected chi connectivity index (χ3v) is 6.77. The van der Waals surface area contributed by atoms with Crippen LogP contribution in [0.3, 0.4) is 0 Å². The molecule has 2 aliphatic rings. The highest BCUT2D eigenvalue weighted by atomic mass is 16.5. The van der Waals surface area contributed by atoms with Gasteiger partial charge < -0.3 is 19.5 Å². The molecule has 0 bridgehead atoms. The average Bonchev–Trinajstić information content (AvgIpc) is 3.16. The molecule has 1 aliphatic carbocycles. The highest BCUT2D eigenvalue weighted by molar-refractivity contribution is 5.79. The molecule has 0 unspecified atom stereocenters. The number of aryl methyl sites for hydroxylation is 1. The summed E-state index contributed by atoms with van der Waals surface area (Å²) in [7, 11) is 3.73. The van der Waals surface area contributed by atoms with Crippen molar-refractivity contribution in [3.63, 3.8) is 0 Å². The number of piperazine rings is 1. The molecule has 9 nitrogen and oxygen atoms in total. The summed E-state index contributed by atoms with van der Waals surface area (Å²) in [5.41, 5.74) is 2.51. The molecule has 9 heteroatoms. The molecule has 2 fully saturated rings.